The van der Waals surface area contributed by atoms with Crippen molar-refractivity contribution < 1.29 is 14.6 Å². The summed E-state index contributed by atoms with van der Waals surface area (Å²) in [5.74, 6) is 0.596. The van der Waals surface area contributed by atoms with E-state index in [0.29, 0.717) is 18.7 Å². The van der Waals surface area contributed by atoms with Crippen LogP contribution in [-0.2, 0) is 11.3 Å². The molecule has 0 saturated carbocycles. The summed E-state index contributed by atoms with van der Waals surface area (Å²) in [5.41, 5.74) is 0.910. The van der Waals surface area contributed by atoms with Crippen LogP contribution >= 0.6 is 0 Å². The first-order chi connectivity index (χ1) is 10.7. The van der Waals surface area contributed by atoms with Crippen LogP contribution < -0.4 is 10.1 Å². The van der Waals surface area contributed by atoms with Gasteiger partial charge < -0.3 is 15.2 Å². The van der Waals surface area contributed by atoms with Gasteiger partial charge in [-0.1, -0.05) is 31.4 Å². The zero-order chi connectivity index (χ0) is 16.2. The molecule has 0 aromatic heterocycles. The molecular weight excluding hydrogens is 278 g/mol. The average molecular weight is 305 g/mol. The summed E-state index contributed by atoms with van der Waals surface area (Å²) >= 11 is 0. The number of rotatable bonds is 11. The molecule has 122 valence electrons. The number of ether oxygens (including phenoxy) is 1. The molecule has 0 unspecified atom stereocenters. The Balaban J connectivity index is 2.16. The van der Waals surface area contributed by atoms with Crippen LogP contribution in [0.1, 0.15) is 50.5 Å². The fourth-order valence-electron chi connectivity index (χ4n) is 2.23. The molecule has 4 nitrogen and oxygen atoms in total. The van der Waals surface area contributed by atoms with E-state index in [1.807, 2.05) is 6.08 Å². The van der Waals surface area contributed by atoms with Crippen LogP contribution in [0.3, 0.4) is 0 Å². The lowest BCUT2D eigenvalue weighted by Crippen LogP contribution is -2.22. The maximum Gasteiger partial charge on any atom is 0.220 e. The minimum atomic E-state index is 0.0677. The quantitative estimate of drug-likeness (QED) is 0.481. The molecule has 0 fully saturated rings. The van der Waals surface area contributed by atoms with E-state index < -0.39 is 0 Å². The van der Waals surface area contributed by atoms with Crippen molar-refractivity contribution in [3.05, 3.63) is 36.4 Å². The zero-order valence-corrected chi connectivity index (χ0v) is 13.4. The predicted molar refractivity (Wildman–Crippen MR) is 89.0 cm³/mol. The van der Waals surface area contributed by atoms with E-state index >= 15 is 0 Å². The van der Waals surface area contributed by atoms with Gasteiger partial charge in [-0.2, -0.15) is 0 Å². The lowest BCUT2D eigenvalue weighted by molar-refractivity contribution is -0.121. The second kappa shape index (κ2) is 10.7. The molecule has 0 aliphatic heterocycles. The third kappa shape index (κ3) is 7.16. The van der Waals surface area contributed by atoms with Crippen LogP contribution in [0, 0.1) is 0 Å². The van der Waals surface area contributed by atoms with Gasteiger partial charge in [0.1, 0.15) is 0 Å². The Labute approximate surface area is 133 Å². The fraction of sp³-hybridized carbons (Fsp3) is 0.500. The fourth-order valence-corrected chi connectivity index (χ4v) is 2.23. The Morgan fingerprint density at radius 1 is 1.27 bits per heavy atom. The van der Waals surface area contributed by atoms with E-state index in [0.717, 1.165) is 24.8 Å². The SMILES string of the molecule is C=CCCCCCCCC(=O)NCc1ccc(O)c(OC)c1. The Morgan fingerprint density at radius 3 is 2.73 bits per heavy atom. The molecule has 0 atom stereocenters. The lowest BCUT2D eigenvalue weighted by atomic mass is 10.1. The van der Waals surface area contributed by atoms with Crippen LogP contribution in [-0.4, -0.2) is 18.1 Å². The topological polar surface area (TPSA) is 58.6 Å². The van der Waals surface area contributed by atoms with E-state index in [-0.39, 0.29) is 11.7 Å². The molecule has 0 spiro atoms. The number of benzene rings is 1. The third-order valence-corrected chi connectivity index (χ3v) is 3.55. The van der Waals surface area contributed by atoms with Crippen LogP contribution in [0.2, 0.25) is 0 Å². The number of carbonyl (C=O) groups is 1. The van der Waals surface area contributed by atoms with Gasteiger partial charge in [-0.05, 0) is 37.0 Å². The molecular formula is C18H27NO3. The number of phenolic OH excluding ortho intramolecular Hbond substituents is 1. The molecule has 0 bridgehead atoms. The molecule has 0 aliphatic carbocycles. The Hall–Kier alpha value is -1.97. The Kier molecular flexibility index (Phi) is 8.80. The molecule has 0 heterocycles. The van der Waals surface area contributed by atoms with Gasteiger partial charge >= 0.3 is 0 Å². The summed E-state index contributed by atoms with van der Waals surface area (Å²) < 4.78 is 5.04. The summed E-state index contributed by atoms with van der Waals surface area (Å²) in [7, 11) is 1.51. The Bertz CT molecular complexity index is 471. The molecule has 22 heavy (non-hydrogen) atoms. The second-order valence-electron chi connectivity index (χ2n) is 5.38. The molecule has 1 aromatic carbocycles. The molecule has 2 N–H and O–H groups in total. The number of hydrogen-bond donors (Lipinski definition) is 2. The molecule has 1 amide bonds. The molecule has 1 rings (SSSR count). The number of methoxy groups -OCH3 is 1. The van der Waals surface area contributed by atoms with Gasteiger partial charge in [0.15, 0.2) is 11.5 Å². The minimum Gasteiger partial charge on any atom is -0.504 e. The summed E-state index contributed by atoms with van der Waals surface area (Å²) in [6, 6.07) is 5.08. The molecule has 0 saturated heterocycles. The number of nitrogens with one attached hydrogen (secondary N) is 1. The normalized spacial score (nSPS) is 10.2. The van der Waals surface area contributed by atoms with Gasteiger partial charge in [0.2, 0.25) is 5.91 Å². The minimum absolute atomic E-state index is 0.0677. The number of amides is 1. The van der Waals surface area contributed by atoms with Crippen molar-refractivity contribution in [1.29, 1.82) is 0 Å². The number of phenols is 1. The van der Waals surface area contributed by atoms with Gasteiger partial charge in [-0.25, -0.2) is 0 Å². The lowest BCUT2D eigenvalue weighted by Gasteiger charge is -2.08. The molecule has 1 aromatic rings. The summed E-state index contributed by atoms with van der Waals surface area (Å²) in [6.07, 6.45) is 9.20. The smallest absolute Gasteiger partial charge is 0.220 e. The highest BCUT2D eigenvalue weighted by atomic mass is 16.5. The van der Waals surface area contributed by atoms with Crippen molar-refractivity contribution in [2.75, 3.05) is 7.11 Å². The summed E-state index contributed by atoms with van der Waals surface area (Å²) in [6.45, 7) is 4.16. The first-order valence-corrected chi connectivity index (χ1v) is 7.91. The van der Waals surface area contributed by atoms with Crippen molar-refractivity contribution in [2.45, 2.75) is 51.5 Å². The maximum absolute atomic E-state index is 11.8. The number of aromatic hydroxyl groups is 1. The van der Waals surface area contributed by atoms with Crippen molar-refractivity contribution in [3.8, 4) is 11.5 Å². The number of carbonyl (C=O) groups excluding carboxylic acids is 1. The molecule has 0 aliphatic rings. The first kappa shape index (κ1) is 18.1. The summed E-state index contributed by atoms with van der Waals surface area (Å²) in [4.78, 5) is 11.8. The number of unbranched alkanes of at least 4 members (excludes halogenated alkanes) is 5. The van der Waals surface area contributed by atoms with Gasteiger partial charge in [0.05, 0.1) is 7.11 Å². The van der Waals surface area contributed by atoms with E-state index in [9.17, 15) is 9.90 Å². The van der Waals surface area contributed by atoms with Gasteiger partial charge in [0, 0.05) is 13.0 Å². The van der Waals surface area contributed by atoms with E-state index in [4.69, 9.17) is 4.74 Å². The van der Waals surface area contributed by atoms with Gasteiger partial charge in [-0.15, -0.1) is 6.58 Å². The second-order valence-corrected chi connectivity index (χ2v) is 5.38. The van der Waals surface area contributed by atoms with E-state index in [1.165, 1.54) is 26.4 Å². The van der Waals surface area contributed by atoms with Crippen molar-refractivity contribution >= 4 is 5.91 Å². The Morgan fingerprint density at radius 2 is 2.00 bits per heavy atom. The average Bonchev–Trinajstić information content (AvgIpc) is 2.53. The van der Waals surface area contributed by atoms with E-state index in [2.05, 4.69) is 11.9 Å². The number of allylic oxidation sites excluding steroid dienone is 1. The van der Waals surface area contributed by atoms with Crippen LogP contribution in [0.4, 0.5) is 0 Å². The zero-order valence-electron chi connectivity index (χ0n) is 13.4. The molecule has 0 radical (unpaired) electrons. The van der Waals surface area contributed by atoms with Gasteiger partial charge in [0.25, 0.3) is 0 Å². The van der Waals surface area contributed by atoms with Crippen molar-refractivity contribution in [2.24, 2.45) is 0 Å². The van der Waals surface area contributed by atoms with Crippen LogP contribution in [0.25, 0.3) is 0 Å². The third-order valence-electron chi connectivity index (χ3n) is 3.55. The summed E-state index contributed by atoms with van der Waals surface area (Å²) in [5, 5.41) is 12.4. The van der Waals surface area contributed by atoms with Crippen molar-refractivity contribution in [1.82, 2.24) is 5.32 Å². The van der Waals surface area contributed by atoms with E-state index in [1.54, 1.807) is 18.2 Å². The monoisotopic (exact) mass is 305 g/mol. The first-order valence-electron chi connectivity index (χ1n) is 7.91. The standard InChI is InChI=1S/C18H27NO3/c1-3-4-5-6-7-8-9-10-18(21)19-14-15-11-12-16(20)17(13-15)22-2/h3,11-13,20H,1,4-10,14H2,2H3,(H,19,21). The maximum atomic E-state index is 11.8. The van der Waals surface area contributed by atoms with Crippen LogP contribution in [0.5, 0.6) is 11.5 Å². The largest absolute Gasteiger partial charge is 0.504 e. The predicted octanol–water partition coefficient (Wildman–Crippen LogP) is 3.93. The highest BCUT2D eigenvalue weighted by Crippen LogP contribution is 2.26. The highest BCUT2D eigenvalue weighted by molar-refractivity contribution is 5.75. The van der Waals surface area contributed by atoms with Crippen molar-refractivity contribution in [3.63, 3.8) is 0 Å². The molecule has 4 heteroatoms. The van der Waals surface area contributed by atoms with Crippen LogP contribution in [0.15, 0.2) is 30.9 Å². The number of hydrogen-bond acceptors (Lipinski definition) is 3. The highest BCUT2D eigenvalue weighted by Gasteiger charge is 2.05. The van der Waals surface area contributed by atoms with Gasteiger partial charge in [-0.3, -0.25) is 4.79 Å².